The predicted octanol–water partition coefficient (Wildman–Crippen LogP) is 4.76. The van der Waals surface area contributed by atoms with Crippen molar-refractivity contribution in [3.05, 3.63) is 59.9 Å². The zero-order valence-corrected chi connectivity index (χ0v) is 17.3. The minimum atomic E-state index is -0.568. The summed E-state index contributed by atoms with van der Waals surface area (Å²) in [5, 5.41) is 2.58. The number of carbonyl (C=O) groups excluding carboxylic acids is 2. The number of thioether (sulfide) groups is 1. The number of para-hydroxylation sites is 1. The number of anilines is 1. The van der Waals surface area contributed by atoms with Gasteiger partial charge in [0.15, 0.2) is 5.17 Å². The molecule has 2 amide bonds. The molecule has 0 radical (unpaired) electrons. The van der Waals surface area contributed by atoms with Gasteiger partial charge in [-0.2, -0.15) is 0 Å². The fraction of sp³-hybridized carbons (Fsp3) is 0.318. The molecule has 5 nitrogen and oxygen atoms in total. The Labute approximate surface area is 174 Å². The van der Waals surface area contributed by atoms with Crippen molar-refractivity contribution in [2.24, 2.45) is 4.99 Å². The molecule has 0 unspecified atom stereocenters. The van der Waals surface area contributed by atoms with Gasteiger partial charge in [-0.05, 0) is 42.7 Å². The Morgan fingerprint density at radius 3 is 2.55 bits per heavy atom. The molecule has 29 heavy (non-hydrogen) atoms. The van der Waals surface area contributed by atoms with Crippen LogP contribution in [-0.2, 0) is 16.0 Å². The number of aryl methyl sites for hydroxylation is 1. The van der Waals surface area contributed by atoms with Gasteiger partial charge >= 0.3 is 0 Å². The summed E-state index contributed by atoms with van der Waals surface area (Å²) in [4.78, 5) is 31.5. The molecule has 0 bridgehead atoms. The van der Waals surface area contributed by atoms with Crippen LogP contribution in [0.4, 0.5) is 15.8 Å². The Kier molecular flexibility index (Phi) is 7.04. The molecule has 0 aromatic heterocycles. The molecule has 1 aliphatic rings. The first-order valence-corrected chi connectivity index (χ1v) is 10.6. The second-order valence-electron chi connectivity index (χ2n) is 6.74. The number of aliphatic imine (C=N–C) groups is 1. The first-order chi connectivity index (χ1) is 14.0. The highest BCUT2D eigenvalue weighted by Crippen LogP contribution is 2.32. The van der Waals surface area contributed by atoms with E-state index in [2.05, 4.69) is 17.2 Å². The van der Waals surface area contributed by atoms with Crippen LogP contribution >= 0.6 is 11.8 Å². The van der Waals surface area contributed by atoms with Crippen molar-refractivity contribution >= 4 is 40.1 Å². The minimum Gasteiger partial charge on any atom is -0.324 e. The Balaban J connectivity index is 1.73. The fourth-order valence-electron chi connectivity index (χ4n) is 3.00. The maximum atomic E-state index is 13.7. The van der Waals surface area contributed by atoms with E-state index in [0.29, 0.717) is 11.7 Å². The number of hydrogen-bond donors (Lipinski definition) is 1. The number of amides is 2. The molecule has 2 aromatic carbocycles. The summed E-state index contributed by atoms with van der Waals surface area (Å²) in [6, 6.07) is 13.9. The average molecular weight is 414 g/mol. The summed E-state index contributed by atoms with van der Waals surface area (Å²) >= 11 is 1.29. The smallest absolute Gasteiger partial charge is 0.242 e. The Bertz CT molecular complexity index is 915. The Morgan fingerprint density at radius 2 is 1.90 bits per heavy atom. The summed E-state index contributed by atoms with van der Waals surface area (Å²) in [6.45, 7) is 4.62. The largest absolute Gasteiger partial charge is 0.324 e. The summed E-state index contributed by atoms with van der Waals surface area (Å²) < 4.78 is 13.7. The van der Waals surface area contributed by atoms with Crippen molar-refractivity contribution in [1.82, 2.24) is 4.90 Å². The molecule has 0 aliphatic carbocycles. The van der Waals surface area contributed by atoms with E-state index in [1.807, 2.05) is 31.2 Å². The zero-order valence-electron chi connectivity index (χ0n) is 16.5. The van der Waals surface area contributed by atoms with Gasteiger partial charge in [-0.3, -0.25) is 14.5 Å². The van der Waals surface area contributed by atoms with Crippen molar-refractivity contribution in [3.63, 3.8) is 0 Å². The first-order valence-electron chi connectivity index (χ1n) is 9.71. The van der Waals surface area contributed by atoms with E-state index in [1.165, 1.54) is 29.5 Å². The number of rotatable bonds is 7. The molecule has 3 rings (SSSR count). The average Bonchev–Trinajstić information content (AvgIpc) is 2.99. The van der Waals surface area contributed by atoms with Gasteiger partial charge in [0.2, 0.25) is 11.8 Å². The highest BCUT2D eigenvalue weighted by Gasteiger charge is 2.38. The number of benzene rings is 2. The van der Waals surface area contributed by atoms with E-state index in [0.717, 1.165) is 18.5 Å². The van der Waals surface area contributed by atoms with Gasteiger partial charge in [-0.25, -0.2) is 9.38 Å². The predicted molar refractivity (Wildman–Crippen MR) is 116 cm³/mol. The molecular formula is C22H24FN3O2S. The summed E-state index contributed by atoms with van der Waals surface area (Å²) in [7, 11) is 0. The van der Waals surface area contributed by atoms with Crippen LogP contribution in [0.3, 0.4) is 0 Å². The summed E-state index contributed by atoms with van der Waals surface area (Å²) in [5.41, 5.74) is 2.11. The molecule has 1 heterocycles. The third kappa shape index (κ3) is 5.23. The SMILES string of the molecule is CCCN1C(=O)[C@@H](CC(=O)Nc2ccccc2F)SC1=Nc1ccc(CC)cc1. The van der Waals surface area contributed by atoms with Crippen LogP contribution in [0.25, 0.3) is 0 Å². The van der Waals surface area contributed by atoms with E-state index in [4.69, 9.17) is 0 Å². The van der Waals surface area contributed by atoms with Crippen LogP contribution in [-0.4, -0.2) is 33.7 Å². The third-order valence-electron chi connectivity index (χ3n) is 4.56. The molecule has 2 aromatic rings. The zero-order chi connectivity index (χ0) is 20.8. The van der Waals surface area contributed by atoms with Gasteiger partial charge < -0.3 is 5.32 Å². The van der Waals surface area contributed by atoms with E-state index in [1.54, 1.807) is 17.0 Å². The van der Waals surface area contributed by atoms with Crippen LogP contribution < -0.4 is 5.32 Å². The highest BCUT2D eigenvalue weighted by atomic mass is 32.2. The van der Waals surface area contributed by atoms with Crippen LogP contribution in [0.5, 0.6) is 0 Å². The number of carbonyl (C=O) groups is 2. The van der Waals surface area contributed by atoms with E-state index >= 15 is 0 Å². The second kappa shape index (κ2) is 9.69. The maximum absolute atomic E-state index is 13.7. The normalized spacial score (nSPS) is 17.8. The summed E-state index contributed by atoms with van der Waals surface area (Å²) in [6.07, 6.45) is 1.70. The molecule has 1 fully saturated rings. The topological polar surface area (TPSA) is 61.8 Å². The lowest BCUT2D eigenvalue weighted by molar-refractivity contribution is -0.128. The highest BCUT2D eigenvalue weighted by molar-refractivity contribution is 8.15. The van der Waals surface area contributed by atoms with Gasteiger partial charge in [0, 0.05) is 13.0 Å². The van der Waals surface area contributed by atoms with Crippen molar-refractivity contribution in [1.29, 1.82) is 0 Å². The lowest BCUT2D eigenvalue weighted by atomic mass is 10.2. The minimum absolute atomic E-state index is 0.0359. The van der Waals surface area contributed by atoms with Crippen molar-refractivity contribution in [2.75, 3.05) is 11.9 Å². The van der Waals surface area contributed by atoms with Gasteiger partial charge in [0.25, 0.3) is 0 Å². The number of nitrogens with zero attached hydrogens (tertiary/aromatic N) is 2. The molecule has 0 spiro atoms. The number of nitrogens with one attached hydrogen (secondary N) is 1. The lowest BCUT2D eigenvalue weighted by Crippen LogP contribution is -2.34. The van der Waals surface area contributed by atoms with E-state index in [-0.39, 0.29) is 18.0 Å². The molecular weight excluding hydrogens is 389 g/mol. The molecule has 1 N–H and O–H groups in total. The van der Waals surface area contributed by atoms with Gasteiger partial charge in [-0.15, -0.1) is 0 Å². The van der Waals surface area contributed by atoms with Crippen molar-refractivity contribution < 1.29 is 14.0 Å². The summed E-state index contributed by atoms with van der Waals surface area (Å²) in [5.74, 6) is -1.04. The van der Waals surface area contributed by atoms with E-state index < -0.39 is 17.0 Å². The quantitative estimate of drug-likeness (QED) is 0.712. The first kappa shape index (κ1) is 21.0. The van der Waals surface area contributed by atoms with Crippen molar-refractivity contribution in [3.8, 4) is 0 Å². The van der Waals surface area contributed by atoms with Crippen molar-refractivity contribution in [2.45, 2.75) is 38.4 Å². The molecule has 1 saturated heterocycles. The number of halogens is 1. The number of amidine groups is 1. The van der Waals surface area contributed by atoms with Crippen LogP contribution in [0.2, 0.25) is 0 Å². The monoisotopic (exact) mass is 413 g/mol. The standard InChI is InChI=1S/C22H24FN3O2S/c1-3-13-26-21(28)19(14-20(27)25-18-8-6-5-7-17(18)23)29-22(26)24-16-11-9-15(4-2)10-12-16/h5-12,19H,3-4,13-14H2,1-2H3,(H,25,27)/t19-/m1/s1. The molecule has 1 atom stereocenters. The van der Waals surface area contributed by atoms with E-state index in [9.17, 15) is 14.0 Å². The molecule has 7 heteroatoms. The number of hydrogen-bond acceptors (Lipinski definition) is 4. The van der Waals surface area contributed by atoms with Crippen LogP contribution in [0.15, 0.2) is 53.5 Å². The Morgan fingerprint density at radius 1 is 1.17 bits per heavy atom. The molecule has 1 aliphatic heterocycles. The van der Waals surface area contributed by atoms with Gasteiger partial charge in [-0.1, -0.05) is 49.9 Å². The third-order valence-corrected chi connectivity index (χ3v) is 5.73. The van der Waals surface area contributed by atoms with Crippen LogP contribution in [0, 0.1) is 5.82 Å². The van der Waals surface area contributed by atoms with Gasteiger partial charge in [0.1, 0.15) is 11.1 Å². The fourth-order valence-corrected chi connectivity index (χ4v) is 4.19. The Hall–Kier alpha value is -2.67. The molecule has 0 saturated carbocycles. The lowest BCUT2D eigenvalue weighted by Gasteiger charge is -2.15. The maximum Gasteiger partial charge on any atom is 0.242 e. The van der Waals surface area contributed by atoms with Gasteiger partial charge in [0.05, 0.1) is 11.4 Å². The van der Waals surface area contributed by atoms with Crippen LogP contribution in [0.1, 0.15) is 32.3 Å². The second-order valence-corrected chi connectivity index (χ2v) is 7.91. The molecule has 152 valence electrons.